The van der Waals surface area contributed by atoms with Gasteiger partial charge in [0.1, 0.15) is 0 Å². The van der Waals surface area contributed by atoms with Gasteiger partial charge in [0, 0.05) is 0 Å². The van der Waals surface area contributed by atoms with Crippen molar-refractivity contribution in [1.29, 1.82) is 0 Å². The molecule has 0 unspecified atom stereocenters. The third-order valence-electron chi connectivity index (χ3n) is 3.76. The first-order chi connectivity index (χ1) is 10.4. The van der Waals surface area contributed by atoms with Gasteiger partial charge in [-0.25, -0.2) is 0 Å². The zero-order valence-corrected chi connectivity index (χ0v) is 13.8. The van der Waals surface area contributed by atoms with Gasteiger partial charge in [0.15, 0.2) is 0 Å². The van der Waals surface area contributed by atoms with E-state index in [9.17, 15) is 0 Å². The molecule has 0 aliphatic rings. The number of hydrogen-bond acceptors (Lipinski definition) is 0. The maximum atomic E-state index is 4.24. The van der Waals surface area contributed by atoms with Crippen molar-refractivity contribution in [2.45, 2.75) is 0 Å². The van der Waals surface area contributed by atoms with Crippen LogP contribution in [0.4, 0.5) is 0 Å². The summed E-state index contributed by atoms with van der Waals surface area (Å²) in [7, 11) is 0. The summed E-state index contributed by atoms with van der Waals surface area (Å²) in [5.41, 5.74) is 0. The molecule has 3 aromatic rings. The molecule has 0 radical (unpaired) electrons. The Hall–Kier alpha value is -2.04. The van der Waals surface area contributed by atoms with Gasteiger partial charge in [0.25, 0.3) is 0 Å². The molecular weight excluding hydrogens is 315 g/mol. The Balaban J connectivity index is 2.31. The van der Waals surface area contributed by atoms with E-state index in [1.165, 1.54) is 13.1 Å². The summed E-state index contributed by atoms with van der Waals surface area (Å²) >= 11 is -2.57. The molecule has 0 saturated carbocycles. The molecule has 0 bridgehead atoms. The van der Waals surface area contributed by atoms with Crippen LogP contribution in [0.2, 0.25) is 0 Å². The van der Waals surface area contributed by atoms with Crippen LogP contribution in [0.15, 0.2) is 102 Å². The zero-order chi connectivity index (χ0) is 14.5. The Bertz CT molecular complexity index is 606. The van der Waals surface area contributed by atoms with Crippen molar-refractivity contribution < 1.29 is 0 Å². The van der Waals surface area contributed by atoms with Gasteiger partial charge in [-0.3, -0.25) is 0 Å². The molecule has 3 rings (SSSR count). The summed E-state index contributed by atoms with van der Waals surface area (Å²) < 4.78 is 4.22. The summed E-state index contributed by atoms with van der Waals surface area (Å²) in [6.07, 6.45) is 0. The standard InChI is InChI=1S/C20H18As/c1-2-21(18-12-6-3-7-13-18,19-14-8-4-9-15-19)20-16-10-5-11-17-20/h2-17H,1H2/q+1. The monoisotopic (exact) mass is 333 g/mol. The SMILES string of the molecule is C=C[As+](c1ccccc1)(c1ccccc1)c1ccccc1. The van der Waals surface area contributed by atoms with E-state index in [0.717, 1.165) is 0 Å². The Morgan fingerprint density at radius 3 is 1.05 bits per heavy atom. The summed E-state index contributed by atoms with van der Waals surface area (Å²) in [5, 5.41) is 0. The van der Waals surface area contributed by atoms with E-state index in [1.807, 2.05) is 0 Å². The third kappa shape index (κ3) is 2.48. The Morgan fingerprint density at radius 1 is 0.524 bits per heavy atom. The van der Waals surface area contributed by atoms with Crippen molar-refractivity contribution in [1.82, 2.24) is 0 Å². The maximum absolute atomic E-state index is 4.24. The summed E-state index contributed by atoms with van der Waals surface area (Å²) in [6.45, 7) is 4.24. The van der Waals surface area contributed by atoms with Crippen LogP contribution in [0.25, 0.3) is 0 Å². The Labute approximate surface area is 129 Å². The van der Waals surface area contributed by atoms with Gasteiger partial charge in [-0.2, -0.15) is 0 Å². The first kappa shape index (κ1) is 13.9. The fraction of sp³-hybridized carbons (Fsp3) is 0. The molecule has 102 valence electrons. The van der Waals surface area contributed by atoms with Crippen molar-refractivity contribution in [3.05, 3.63) is 102 Å². The number of hydrogen-bond donors (Lipinski definition) is 0. The molecule has 21 heavy (non-hydrogen) atoms. The van der Waals surface area contributed by atoms with Crippen molar-refractivity contribution in [3.63, 3.8) is 0 Å². The topological polar surface area (TPSA) is 0 Å². The molecule has 0 aliphatic carbocycles. The van der Waals surface area contributed by atoms with Crippen LogP contribution in [-0.4, -0.2) is 13.6 Å². The van der Waals surface area contributed by atoms with Crippen LogP contribution in [0.5, 0.6) is 0 Å². The average molecular weight is 333 g/mol. The molecule has 1 heteroatoms. The molecule has 3 aromatic carbocycles. The first-order valence-corrected chi connectivity index (χ1v) is 11.0. The second-order valence-electron chi connectivity index (χ2n) is 4.91. The summed E-state index contributed by atoms with van der Waals surface area (Å²) in [6, 6.07) is 32.5. The first-order valence-electron chi connectivity index (χ1n) is 7.07. The minimum absolute atomic E-state index is 1.41. The van der Waals surface area contributed by atoms with Crippen molar-refractivity contribution in [2.75, 3.05) is 0 Å². The molecule has 0 aromatic heterocycles. The van der Waals surface area contributed by atoms with Gasteiger partial charge < -0.3 is 0 Å². The van der Waals surface area contributed by atoms with Crippen LogP contribution >= 0.6 is 0 Å². The normalized spacial score (nSPS) is 11.0. The van der Waals surface area contributed by atoms with Gasteiger partial charge >= 0.3 is 129 Å². The number of rotatable bonds is 4. The quantitative estimate of drug-likeness (QED) is 0.644. The second kappa shape index (κ2) is 6.16. The van der Waals surface area contributed by atoms with E-state index in [0.29, 0.717) is 0 Å². The number of benzene rings is 3. The van der Waals surface area contributed by atoms with Crippen molar-refractivity contribution in [2.24, 2.45) is 0 Å². The van der Waals surface area contributed by atoms with Gasteiger partial charge in [0.05, 0.1) is 0 Å². The Morgan fingerprint density at radius 2 is 0.810 bits per heavy atom. The van der Waals surface area contributed by atoms with Crippen molar-refractivity contribution in [3.8, 4) is 0 Å². The average Bonchev–Trinajstić information content (AvgIpc) is 2.59. The molecule has 0 heterocycles. The molecule has 0 aliphatic heterocycles. The molecule has 0 fully saturated rings. The molecule has 0 spiro atoms. The zero-order valence-electron chi connectivity index (χ0n) is 11.9. The molecule has 0 saturated heterocycles. The predicted molar refractivity (Wildman–Crippen MR) is 94.2 cm³/mol. The fourth-order valence-corrected chi connectivity index (χ4v) is 10.00. The summed E-state index contributed by atoms with van der Waals surface area (Å²) in [5.74, 6) is 0. The molecule has 0 atom stereocenters. The molecule has 0 amide bonds. The van der Waals surface area contributed by atoms with E-state index in [-0.39, 0.29) is 0 Å². The third-order valence-corrected chi connectivity index (χ3v) is 11.9. The van der Waals surface area contributed by atoms with Crippen LogP contribution in [0.1, 0.15) is 0 Å². The summed E-state index contributed by atoms with van der Waals surface area (Å²) in [4.78, 5) is 2.22. The van der Waals surface area contributed by atoms with Gasteiger partial charge in [0.2, 0.25) is 0 Å². The van der Waals surface area contributed by atoms with E-state index in [2.05, 4.69) is 102 Å². The van der Waals surface area contributed by atoms with E-state index >= 15 is 0 Å². The van der Waals surface area contributed by atoms with Crippen LogP contribution in [0.3, 0.4) is 0 Å². The molecular formula is C20H18As+. The van der Waals surface area contributed by atoms with Crippen LogP contribution < -0.4 is 13.1 Å². The minimum atomic E-state index is -2.57. The van der Waals surface area contributed by atoms with Crippen LogP contribution in [0, 0.1) is 0 Å². The Kier molecular flexibility index (Phi) is 4.08. The fourth-order valence-electron chi connectivity index (χ4n) is 2.75. The van der Waals surface area contributed by atoms with Gasteiger partial charge in [-0.1, -0.05) is 0 Å². The van der Waals surface area contributed by atoms with Gasteiger partial charge in [-0.15, -0.1) is 0 Å². The van der Waals surface area contributed by atoms with Crippen molar-refractivity contribution >= 4 is 26.6 Å². The predicted octanol–water partition coefficient (Wildman–Crippen LogP) is 2.88. The van der Waals surface area contributed by atoms with E-state index in [1.54, 1.807) is 0 Å². The molecule has 0 nitrogen and oxygen atoms in total. The van der Waals surface area contributed by atoms with Gasteiger partial charge in [-0.05, 0) is 0 Å². The second-order valence-corrected chi connectivity index (χ2v) is 12.0. The van der Waals surface area contributed by atoms with Crippen LogP contribution in [-0.2, 0) is 0 Å². The van der Waals surface area contributed by atoms with E-state index in [4.69, 9.17) is 0 Å². The van der Waals surface area contributed by atoms with E-state index < -0.39 is 13.6 Å². The molecule has 0 N–H and O–H groups in total.